The highest BCUT2D eigenvalue weighted by Crippen LogP contribution is 2.26. The van der Waals surface area contributed by atoms with Crippen LogP contribution >= 0.6 is 23.2 Å². The van der Waals surface area contributed by atoms with Gasteiger partial charge in [0.2, 0.25) is 0 Å². The quantitative estimate of drug-likeness (QED) is 0.901. The van der Waals surface area contributed by atoms with Gasteiger partial charge in [0.15, 0.2) is 0 Å². The van der Waals surface area contributed by atoms with Crippen LogP contribution < -0.4 is 11.5 Å². The number of benzene rings is 2. The van der Waals surface area contributed by atoms with E-state index in [2.05, 4.69) is 0 Å². The Balaban J connectivity index is 2.23. The van der Waals surface area contributed by atoms with E-state index in [9.17, 15) is 0 Å². The lowest BCUT2D eigenvalue weighted by Crippen LogP contribution is -2.26. The molecule has 0 saturated heterocycles. The van der Waals surface area contributed by atoms with Crippen molar-refractivity contribution < 1.29 is 0 Å². The van der Waals surface area contributed by atoms with Gasteiger partial charge in [0.1, 0.15) is 0 Å². The average molecular weight is 281 g/mol. The summed E-state index contributed by atoms with van der Waals surface area (Å²) in [5, 5.41) is 1.34. The van der Waals surface area contributed by atoms with Crippen LogP contribution in [0.1, 0.15) is 23.2 Å². The molecule has 0 amide bonds. The average Bonchev–Trinajstić information content (AvgIpc) is 2.38. The minimum Gasteiger partial charge on any atom is -0.322 e. The summed E-state index contributed by atoms with van der Waals surface area (Å²) >= 11 is 11.8. The van der Waals surface area contributed by atoms with Crippen molar-refractivity contribution in [3.8, 4) is 0 Å². The first kappa shape index (κ1) is 13.4. The third-order valence-electron chi connectivity index (χ3n) is 2.88. The maximum atomic E-state index is 6.16. The van der Waals surface area contributed by atoms with Crippen molar-refractivity contribution in [2.45, 2.75) is 12.1 Å². The van der Waals surface area contributed by atoms with E-state index in [4.69, 9.17) is 34.7 Å². The second-order valence-electron chi connectivity index (χ2n) is 4.16. The highest BCUT2D eigenvalue weighted by molar-refractivity contribution is 6.30. The summed E-state index contributed by atoms with van der Waals surface area (Å²) in [4.78, 5) is 0. The summed E-state index contributed by atoms with van der Waals surface area (Å²) in [5.41, 5.74) is 14.2. The van der Waals surface area contributed by atoms with Crippen molar-refractivity contribution in [2.24, 2.45) is 11.5 Å². The van der Waals surface area contributed by atoms with Gasteiger partial charge in [-0.15, -0.1) is 0 Å². The molecule has 0 fully saturated rings. The van der Waals surface area contributed by atoms with Gasteiger partial charge in [-0.1, -0.05) is 47.5 Å². The van der Waals surface area contributed by atoms with Crippen LogP contribution in [0.4, 0.5) is 0 Å². The Labute approximate surface area is 117 Å². The molecule has 2 rings (SSSR count). The van der Waals surface area contributed by atoms with Crippen molar-refractivity contribution in [3.05, 3.63) is 69.7 Å². The summed E-state index contributed by atoms with van der Waals surface area (Å²) in [5.74, 6) is 0. The molecule has 0 radical (unpaired) electrons. The second-order valence-corrected chi connectivity index (χ2v) is 5.03. The first-order valence-corrected chi connectivity index (χ1v) is 6.35. The van der Waals surface area contributed by atoms with Crippen LogP contribution in [0.2, 0.25) is 10.0 Å². The van der Waals surface area contributed by atoms with Crippen LogP contribution in [-0.4, -0.2) is 0 Å². The van der Waals surface area contributed by atoms with Crippen LogP contribution in [0.5, 0.6) is 0 Å². The van der Waals surface area contributed by atoms with Gasteiger partial charge in [0, 0.05) is 22.1 Å². The minimum atomic E-state index is -0.301. The topological polar surface area (TPSA) is 52.0 Å². The largest absolute Gasteiger partial charge is 0.322 e. The third kappa shape index (κ3) is 3.03. The summed E-state index contributed by atoms with van der Waals surface area (Å²) in [7, 11) is 0. The summed E-state index contributed by atoms with van der Waals surface area (Å²) in [6.07, 6.45) is 0. The summed E-state index contributed by atoms with van der Waals surface area (Å²) in [6, 6.07) is 14.2. The lowest BCUT2D eigenvalue weighted by molar-refractivity contribution is 0.574. The van der Waals surface area contributed by atoms with Gasteiger partial charge in [-0.25, -0.2) is 0 Å². The molecule has 0 bridgehead atoms. The SMILES string of the molecule is NC(c1ccc(Cl)cc1)C(N)c1cccc(Cl)c1. The molecule has 0 aromatic heterocycles. The zero-order chi connectivity index (χ0) is 13.1. The zero-order valence-electron chi connectivity index (χ0n) is 9.68. The first-order valence-electron chi connectivity index (χ1n) is 5.60. The molecule has 0 aliphatic carbocycles. The van der Waals surface area contributed by atoms with E-state index in [0.29, 0.717) is 10.0 Å². The number of hydrogen-bond acceptors (Lipinski definition) is 2. The number of nitrogens with two attached hydrogens (primary N) is 2. The van der Waals surface area contributed by atoms with Crippen molar-refractivity contribution in [2.75, 3.05) is 0 Å². The maximum absolute atomic E-state index is 6.16. The number of rotatable bonds is 3. The van der Waals surface area contributed by atoms with E-state index >= 15 is 0 Å². The third-order valence-corrected chi connectivity index (χ3v) is 3.36. The summed E-state index contributed by atoms with van der Waals surface area (Å²) in [6.45, 7) is 0. The van der Waals surface area contributed by atoms with Crippen molar-refractivity contribution >= 4 is 23.2 Å². The fourth-order valence-corrected chi connectivity index (χ4v) is 2.14. The predicted octanol–water partition coefficient (Wildman–Crippen LogP) is 3.69. The minimum absolute atomic E-state index is 0.291. The van der Waals surface area contributed by atoms with Gasteiger partial charge in [-0.3, -0.25) is 0 Å². The summed E-state index contributed by atoms with van der Waals surface area (Å²) < 4.78 is 0. The molecule has 2 aromatic carbocycles. The molecule has 0 aliphatic heterocycles. The van der Waals surface area contributed by atoms with E-state index < -0.39 is 0 Å². The lowest BCUT2D eigenvalue weighted by Gasteiger charge is -2.21. The Hall–Kier alpha value is -1.06. The standard InChI is InChI=1S/C14H14Cl2N2/c15-11-6-4-9(5-7-11)13(17)14(18)10-2-1-3-12(16)8-10/h1-8,13-14H,17-18H2. The molecule has 2 unspecified atom stereocenters. The van der Waals surface area contributed by atoms with Crippen LogP contribution in [0.25, 0.3) is 0 Å². The molecule has 2 aromatic rings. The number of halogens is 2. The molecular weight excluding hydrogens is 267 g/mol. The van der Waals surface area contributed by atoms with Crippen molar-refractivity contribution in [1.82, 2.24) is 0 Å². The Kier molecular flexibility index (Phi) is 4.25. The van der Waals surface area contributed by atoms with E-state index in [-0.39, 0.29) is 12.1 Å². The van der Waals surface area contributed by atoms with Crippen LogP contribution in [0.15, 0.2) is 48.5 Å². The molecule has 2 nitrogen and oxygen atoms in total. The Morgan fingerprint density at radius 2 is 1.33 bits per heavy atom. The van der Waals surface area contributed by atoms with Gasteiger partial charge in [-0.2, -0.15) is 0 Å². The van der Waals surface area contributed by atoms with Gasteiger partial charge >= 0.3 is 0 Å². The molecule has 94 valence electrons. The lowest BCUT2D eigenvalue weighted by atomic mass is 9.95. The van der Waals surface area contributed by atoms with E-state index in [1.165, 1.54) is 0 Å². The Morgan fingerprint density at radius 1 is 0.722 bits per heavy atom. The van der Waals surface area contributed by atoms with Gasteiger partial charge in [0.25, 0.3) is 0 Å². The van der Waals surface area contributed by atoms with Gasteiger partial charge in [0.05, 0.1) is 0 Å². The molecule has 0 heterocycles. The molecule has 2 atom stereocenters. The molecule has 4 N–H and O–H groups in total. The van der Waals surface area contributed by atoms with Crippen LogP contribution in [0.3, 0.4) is 0 Å². The maximum Gasteiger partial charge on any atom is 0.0491 e. The highest BCUT2D eigenvalue weighted by Gasteiger charge is 2.17. The molecule has 4 heteroatoms. The Morgan fingerprint density at radius 3 is 1.94 bits per heavy atom. The molecular formula is C14H14Cl2N2. The van der Waals surface area contributed by atoms with Crippen LogP contribution in [0, 0.1) is 0 Å². The first-order chi connectivity index (χ1) is 8.58. The Bertz CT molecular complexity index is 526. The van der Waals surface area contributed by atoms with Crippen molar-refractivity contribution in [1.29, 1.82) is 0 Å². The fraction of sp³-hybridized carbons (Fsp3) is 0.143. The zero-order valence-corrected chi connectivity index (χ0v) is 11.2. The predicted molar refractivity (Wildman–Crippen MR) is 76.8 cm³/mol. The number of hydrogen-bond donors (Lipinski definition) is 2. The fourth-order valence-electron chi connectivity index (χ4n) is 1.81. The monoisotopic (exact) mass is 280 g/mol. The highest BCUT2D eigenvalue weighted by atomic mass is 35.5. The van der Waals surface area contributed by atoms with E-state index in [0.717, 1.165) is 11.1 Å². The molecule has 0 saturated carbocycles. The van der Waals surface area contributed by atoms with Gasteiger partial charge < -0.3 is 11.5 Å². The normalized spacial score (nSPS) is 14.2. The molecule has 0 aliphatic rings. The van der Waals surface area contributed by atoms with Gasteiger partial charge in [-0.05, 0) is 35.4 Å². The van der Waals surface area contributed by atoms with Crippen LogP contribution in [-0.2, 0) is 0 Å². The van der Waals surface area contributed by atoms with E-state index in [1.54, 1.807) is 12.1 Å². The molecule has 0 spiro atoms. The van der Waals surface area contributed by atoms with E-state index in [1.807, 2.05) is 36.4 Å². The molecule has 18 heavy (non-hydrogen) atoms. The second kappa shape index (κ2) is 5.72. The van der Waals surface area contributed by atoms with Crippen molar-refractivity contribution in [3.63, 3.8) is 0 Å². The smallest absolute Gasteiger partial charge is 0.0491 e.